The van der Waals surface area contributed by atoms with E-state index in [1.165, 1.54) is 18.2 Å². The molecule has 7 heteroatoms. The predicted octanol–water partition coefficient (Wildman–Crippen LogP) is 3.54. The van der Waals surface area contributed by atoms with Gasteiger partial charge in [0.25, 0.3) is 5.69 Å². The number of anilines is 1. The van der Waals surface area contributed by atoms with Crippen molar-refractivity contribution in [1.29, 1.82) is 0 Å². The van der Waals surface area contributed by atoms with E-state index >= 15 is 0 Å². The Kier molecular flexibility index (Phi) is 4.31. The van der Waals surface area contributed by atoms with E-state index in [4.69, 9.17) is 0 Å². The number of thiophene rings is 1. The Balaban J connectivity index is 1.98. The Morgan fingerprint density at radius 1 is 1.35 bits per heavy atom. The molecule has 0 fully saturated rings. The van der Waals surface area contributed by atoms with Gasteiger partial charge in [0, 0.05) is 22.7 Å². The van der Waals surface area contributed by atoms with Crippen LogP contribution >= 0.6 is 11.3 Å². The van der Waals surface area contributed by atoms with Crippen LogP contribution in [-0.4, -0.2) is 11.0 Å². The Morgan fingerprint density at radius 2 is 2.15 bits per heavy atom. The van der Waals surface area contributed by atoms with Gasteiger partial charge in [0.2, 0.25) is 0 Å². The highest BCUT2D eigenvalue weighted by Gasteiger charge is 2.11. The van der Waals surface area contributed by atoms with Crippen molar-refractivity contribution in [2.75, 3.05) is 5.32 Å². The number of benzene rings is 1. The molecule has 0 saturated carbocycles. The number of carbonyl (C=O) groups excluding carboxylic acids is 1. The summed E-state index contributed by atoms with van der Waals surface area (Å²) in [5.41, 5.74) is 0.323. The molecule has 1 aromatic heterocycles. The first-order valence-electron chi connectivity index (χ1n) is 5.91. The number of hydrogen-bond acceptors (Lipinski definition) is 4. The van der Waals surface area contributed by atoms with Crippen molar-refractivity contribution >= 4 is 28.7 Å². The van der Waals surface area contributed by atoms with E-state index in [2.05, 4.69) is 10.6 Å². The molecule has 2 N–H and O–H groups in total. The molecular weight excluding hydrogens is 278 g/mol. The van der Waals surface area contributed by atoms with Crippen LogP contribution in [0.3, 0.4) is 0 Å². The van der Waals surface area contributed by atoms with Gasteiger partial charge in [-0.15, -0.1) is 11.3 Å². The molecular formula is C13H13N3O3S. The molecule has 0 aliphatic carbocycles. The second-order valence-electron chi connectivity index (χ2n) is 4.14. The third-order valence-electron chi connectivity index (χ3n) is 2.63. The van der Waals surface area contributed by atoms with E-state index in [9.17, 15) is 14.9 Å². The van der Waals surface area contributed by atoms with Gasteiger partial charge in [0.05, 0.1) is 11.0 Å². The number of rotatable bonds is 4. The first kappa shape index (κ1) is 14.0. The van der Waals surface area contributed by atoms with Gasteiger partial charge in [-0.3, -0.25) is 10.1 Å². The number of hydrogen-bond donors (Lipinski definition) is 2. The van der Waals surface area contributed by atoms with Crippen LogP contribution in [0.5, 0.6) is 0 Å². The number of amides is 2. The Morgan fingerprint density at radius 3 is 2.80 bits per heavy atom. The first-order chi connectivity index (χ1) is 9.56. The Labute approximate surface area is 119 Å². The lowest BCUT2D eigenvalue weighted by atomic mass is 10.2. The molecule has 104 valence electrons. The van der Waals surface area contributed by atoms with Crippen LogP contribution in [0.15, 0.2) is 41.8 Å². The van der Waals surface area contributed by atoms with Crippen LogP contribution in [0.4, 0.5) is 16.2 Å². The second-order valence-corrected chi connectivity index (χ2v) is 5.12. The fraction of sp³-hybridized carbons (Fsp3) is 0.154. The van der Waals surface area contributed by atoms with Gasteiger partial charge in [-0.1, -0.05) is 12.1 Å². The van der Waals surface area contributed by atoms with Crippen LogP contribution in [0.1, 0.15) is 17.8 Å². The van der Waals surface area contributed by atoms with E-state index in [0.29, 0.717) is 5.69 Å². The van der Waals surface area contributed by atoms with Gasteiger partial charge in [-0.2, -0.15) is 0 Å². The minimum Gasteiger partial charge on any atom is -0.331 e. The summed E-state index contributed by atoms with van der Waals surface area (Å²) in [6.07, 6.45) is 0. The van der Waals surface area contributed by atoms with Crippen LogP contribution in [0.25, 0.3) is 0 Å². The van der Waals surface area contributed by atoms with Gasteiger partial charge < -0.3 is 10.6 Å². The van der Waals surface area contributed by atoms with Crippen molar-refractivity contribution < 1.29 is 9.72 Å². The molecule has 1 aromatic carbocycles. The first-order valence-corrected chi connectivity index (χ1v) is 6.79. The normalized spacial score (nSPS) is 11.7. The zero-order valence-electron chi connectivity index (χ0n) is 10.7. The maximum absolute atomic E-state index is 11.8. The summed E-state index contributed by atoms with van der Waals surface area (Å²) in [4.78, 5) is 23.0. The van der Waals surface area contributed by atoms with E-state index < -0.39 is 11.0 Å². The van der Waals surface area contributed by atoms with Crippen LogP contribution in [-0.2, 0) is 0 Å². The van der Waals surface area contributed by atoms with Crippen molar-refractivity contribution in [2.24, 2.45) is 0 Å². The molecule has 0 spiro atoms. The smallest absolute Gasteiger partial charge is 0.319 e. The summed E-state index contributed by atoms with van der Waals surface area (Å²) in [7, 11) is 0. The van der Waals surface area contributed by atoms with Gasteiger partial charge in [-0.25, -0.2) is 4.79 Å². The molecule has 20 heavy (non-hydrogen) atoms. The van der Waals surface area contributed by atoms with Crippen molar-refractivity contribution in [1.82, 2.24) is 5.32 Å². The average Bonchev–Trinajstić information content (AvgIpc) is 2.92. The zero-order chi connectivity index (χ0) is 14.5. The molecule has 2 amide bonds. The van der Waals surface area contributed by atoms with Gasteiger partial charge in [-0.05, 0) is 24.4 Å². The third kappa shape index (κ3) is 3.55. The lowest BCUT2D eigenvalue weighted by Crippen LogP contribution is -2.30. The fourth-order valence-electron chi connectivity index (χ4n) is 1.67. The number of nitro groups is 1. The lowest BCUT2D eigenvalue weighted by Gasteiger charge is -2.13. The summed E-state index contributed by atoms with van der Waals surface area (Å²) in [5, 5.41) is 17.9. The number of nitrogens with zero attached hydrogens (tertiary/aromatic N) is 1. The van der Waals surface area contributed by atoms with E-state index in [1.54, 1.807) is 17.4 Å². The molecule has 1 heterocycles. The van der Waals surface area contributed by atoms with Gasteiger partial charge in [0.15, 0.2) is 0 Å². The summed E-state index contributed by atoms with van der Waals surface area (Å²) in [6.45, 7) is 1.87. The standard InChI is InChI=1S/C13H13N3O3S/c1-9(12-6-3-7-20-12)14-13(17)15-10-4-2-5-11(8-10)16(18)19/h2-9H,1H3,(H2,14,15,17). The fourth-order valence-corrected chi connectivity index (χ4v) is 2.40. The molecule has 6 nitrogen and oxygen atoms in total. The molecule has 0 bridgehead atoms. The van der Waals surface area contributed by atoms with E-state index in [0.717, 1.165) is 4.88 Å². The quantitative estimate of drug-likeness (QED) is 0.667. The van der Waals surface area contributed by atoms with E-state index in [1.807, 2.05) is 24.4 Å². The van der Waals surface area contributed by atoms with Crippen molar-refractivity contribution in [2.45, 2.75) is 13.0 Å². The number of nitrogens with one attached hydrogen (secondary N) is 2. The summed E-state index contributed by atoms with van der Waals surface area (Å²) in [5.74, 6) is 0. The molecule has 1 unspecified atom stereocenters. The Bertz CT molecular complexity index is 613. The zero-order valence-corrected chi connectivity index (χ0v) is 11.5. The minimum absolute atomic E-state index is 0.0610. The molecule has 0 saturated heterocycles. The van der Waals surface area contributed by atoms with E-state index in [-0.39, 0.29) is 11.7 Å². The topological polar surface area (TPSA) is 84.3 Å². The second kappa shape index (κ2) is 6.16. The molecule has 0 aliphatic rings. The van der Waals surface area contributed by atoms with Crippen molar-refractivity contribution in [3.63, 3.8) is 0 Å². The van der Waals surface area contributed by atoms with Crippen LogP contribution < -0.4 is 10.6 Å². The highest BCUT2D eigenvalue weighted by atomic mass is 32.1. The molecule has 2 rings (SSSR count). The van der Waals surface area contributed by atoms with Crippen molar-refractivity contribution in [3.8, 4) is 0 Å². The van der Waals surface area contributed by atoms with Gasteiger partial charge >= 0.3 is 6.03 Å². The lowest BCUT2D eigenvalue weighted by molar-refractivity contribution is -0.384. The van der Waals surface area contributed by atoms with Crippen molar-refractivity contribution in [3.05, 3.63) is 56.8 Å². The molecule has 0 radical (unpaired) electrons. The predicted molar refractivity (Wildman–Crippen MR) is 78.0 cm³/mol. The highest BCUT2D eigenvalue weighted by molar-refractivity contribution is 7.10. The van der Waals surface area contributed by atoms with Crippen LogP contribution in [0.2, 0.25) is 0 Å². The average molecular weight is 291 g/mol. The van der Waals surface area contributed by atoms with Gasteiger partial charge in [0.1, 0.15) is 0 Å². The maximum Gasteiger partial charge on any atom is 0.319 e. The number of carbonyl (C=O) groups is 1. The van der Waals surface area contributed by atoms with Crippen LogP contribution in [0, 0.1) is 10.1 Å². The maximum atomic E-state index is 11.8. The summed E-state index contributed by atoms with van der Waals surface area (Å²) >= 11 is 1.55. The molecule has 0 aliphatic heterocycles. The Hall–Kier alpha value is -2.41. The molecule has 1 atom stereocenters. The number of urea groups is 1. The number of nitro benzene ring substituents is 1. The minimum atomic E-state index is -0.503. The summed E-state index contributed by atoms with van der Waals surface area (Å²) < 4.78 is 0. The third-order valence-corrected chi connectivity index (χ3v) is 3.69. The summed E-state index contributed by atoms with van der Waals surface area (Å²) in [6, 6.07) is 9.14. The monoisotopic (exact) mass is 291 g/mol. The highest BCUT2D eigenvalue weighted by Crippen LogP contribution is 2.19. The largest absolute Gasteiger partial charge is 0.331 e. The SMILES string of the molecule is CC(NC(=O)Nc1cccc([N+](=O)[O-])c1)c1cccs1. The molecule has 2 aromatic rings. The number of non-ortho nitro benzene ring substituents is 1.